The summed E-state index contributed by atoms with van der Waals surface area (Å²) >= 11 is 6.05. The van der Waals surface area contributed by atoms with Gasteiger partial charge in [-0.1, -0.05) is 35.9 Å². The Morgan fingerprint density at radius 2 is 1.93 bits per heavy atom. The minimum absolute atomic E-state index is 0.638. The topological polar surface area (TPSA) is 70.9 Å². The predicted octanol–water partition coefficient (Wildman–Crippen LogP) is 4.59. The molecule has 0 bridgehead atoms. The van der Waals surface area contributed by atoms with Crippen LogP contribution in [0.25, 0.3) is 16.6 Å². The summed E-state index contributed by atoms with van der Waals surface area (Å²) in [5, 5.41) is 18.3. The predicted molar refractivity (Wildman–Crippen MR) is 107 cm³/mol. The summed E-state index contributed by atoms with van der Waals surface area (Å²) in [6.07, 6.45) is 2.65. The first-order valence-electron chi connectivity index (χ1n) is 8.55. The monoisotopic (exact) mass is 374 g/mol. The quantitative estimate of drug-likeness (QED) is 0.482. The lowest BCUT2D eigenvalue weighted by Gasteiger charge is -2.06. The van der Waals surface area contributed by atoms with Crippen LogP contribution in [-0.4, -0.2) is 24.8 Å². The molecule has 27 heavy (non-hydrogen) atoms. The van der Waals surface area contributed by atoms with Gasteiger partial charge in [0.15, 0.2) is 17.3 Å². The van der Waals surface area contributed by atoms with Crippen molar-refractivity contribution in [3.8, 4) is 0 Å². The summed E-state index contributed by atoms with van der Waals surface area (Å²) < 4.78 is 1.77. The Morgan fingerprint density at radius 1 is 1.00 bits per heavy atom. The molecule has 0 radical (unpaired) electrons. The number of anilines is 2. The highest BCUT2D eigenvalue weighted by Gasteiger charge is 2.11. The Labute approximate surface area is 159 Å². The average molecular weight is 375 g/mol. The zero-order valence-electron chi connectivity index (χ0n) is 14.2. The van der Waals surface area contributed by atoms with E-state index in [1.54, 1.807) is 4.52 Å². The SMILES string of the molecule is Clc1cccc(Nc2ccc3nnc(Cc4c[nH]c5ccccc45)n3n2)c1. The molecule has 2 aromatic carbocycles. The maximum Gasteiger partial charge on any atom is 0.178 e. The second-order valence-corrected chi connectivity index (χ2v) is 6.71. The molecule has 0 amide bonds. The second-order valence-electron chi connectivity index (χ2n) is 6.28. The van der Waals surface area contributed by atoms with E-state index in [9.17, 15) is 0 Å². The molecule has 5 rings (SSSR count). The number of nitrogens with one attached hydrogen (secondary N) is 2. The molecule has 0 atom stereocenters. The molecule has 0 aliphatic heterocycles. The zero-order chi connectivity index (χ0) is 18.2. The van der Waals surface area contributed by atoms with E-state index >= 15 is 0 Å². The van der Waals surface area contributed by atoms with E-state index in [-0.39, 0.29) is 0 Å². The van der Waals surface area contributed by atoms with Crippen molar-refractivity contribution in [1.29, 1.82) is 0 Å². The minimum Gasteiger partial charge on any atom is -0.361 e. The van der Waals surface area contributed by atoms with Crippen LogP contribution in [0.2, 0.25) is 5.02 Å². The normalized spacial score (nSPS) is 11.3. The van der Waals surface area contributed by atoms with Gasteiger partial charge in [0.05, 0.1) is 0 Å². The number of fused-ring (bicyclic) bond motifs is 2. The summed E-state index contributed by atoms with van der Waals surface area (Å²) in [4.78, 5) is 3.30. The van der Waals surface area contributed by atoms with Crippen molar-refractivity contribution >= 4 is 39.7 Å². The van der Waals surface area contributed by atoms with Gasteiger partial charge < -0.3 is 10.3 Å². The Bertz CT molecular complexity index is 1260. The first-order valence-corrected chi connectivity index (χ1v) is 8.93. The van der Waals surface area contributed by atoms with Crippen LogP contribution in [0.3, 0.4) is 0 Å². The van der Waals surface area contributed by atoms with Crippen molar-refractivity contribution in [3.05, 3.63) is 83.3 Å². The number of aromatic nitrogens is 5. The largest absolute Gasteiger partial charge is 0.361 e. The summed E-state index contributed by atoms with van der Waals surface area (Å²) in [6, 6.07) is 19.5. The van der Waals surface area contributed by atoms with Crippen LogP contribution in [0.4, 0.5) is 11.5 Å². The van der Waals surface area contributed by atoms with Crippen molar-refractivity contribution in [1.82, 2.24) is 24.8 Å². The van der Waals surface area contributed by atoms with E-state index in [0.717, 1.165) is 22.6 Å². The third-order valence-corrected chi connectivity index (χ3v) is 4.68. The van der Waals surface area contributed by atoms with Crippen LogP contribution >= 0.6 is 11.6 Å². The van der Waals surface area contributed by atoms with Crippen LogP contribution in [0.1, 0.15) is 11.4 Å². The Morgan fingerprint density at radius 3 is 2.85 bits per heavy atom. The van der Waals surface area contributed by atoms with Crippen LogP contribution in [-0.2, 0) is 6.42 Å². The molecule has 2 N–H and O–H groups in total. The highest BCUT2D eigenvalue weighted by molar-refractivity contribution is 6.30. The van der Waals surface area contributed by atoms with Gasteiger partial charge in [0.2, 0.25) is 0 Å². The van der Waals surface area contributed by atoms with E-state index in [4.69, 9.17) is 11.6 Å². The minimum atomic E-state index is 0.638. The summed E-state index contributed by atoms with van der Waals surface area (Å²) in [6.45, 7) is 0. The van der Waals surface area contributed by atoms with Gasteiger partial charge in [-0.3, -0.25) is 0 Å². The van der Waals surface area contributed by atoms with Gasteiger partial charge in [-0.15, -0.1) is 15.3 Å². The standard InChI is InChI=1S/C20H15ClN6/c21-14-4-3-5-15(11-14)23-18-8-9-19-24-25-20(27(19)26-18)10-13-12-22-17-7-2-1-6-16(13)17/h1-9,11-12,22H,10H2,(H,23,26). The fourth-order valence-electron chi connectivity index (χ4n) is 3.17. The number of halogens is 1. The number of benzene rings is 2. The molecule has 0 saturated heterocycles. The molecule has 0 fully saturated rings. The lowest BCUT2D eigenvalue weighted by molar-refractivity contribution is 0.844. The first kappa shape index (κ1) is 15.8. The summed E-state index contributed by atoms with van der Waals surface area (Å²) in [7, 11) is 0. The molecule has 3 heterocycles. The van der Waals surface area contributed by atoms with Crippen LogP contribution in [0.15, 0.2) is 66.9 Å². The van der Waals surface area contributed by atoms with Gasteiger partial charge in [0.25, 0.3) is 0 Å². The molecule has 3 aromatic heterocycles. The van der Waals surface area contributed by atoms with E-state index in [0.29, 0.717) is 22.9 Å². The van der Waals surface area contributed by atoms with Crippen molar-refractivity contribution in [2.45, 2.75) is 6.42 Å². The molecular formula is C20H15ClN6. The van der Waals surface area contributed by atoms with E-state index in [2.05, 4.69) is 37.7 Å². The van der Waals surface area contributed by atoms with Crippen molar-refractivity contribution < 1.29 is 0 Å². The zero-order valence-corrected chi connectivity index (χ0v) is 15.0. The highest BCUT2D eigenvalue weighted by Crippen LogP contribution is 2.22. The fourth-order valence-corrected chi connectivity index (χ4v) is 3.36. The number of hydrogen-bond donors (Lipinski definition) is 2. The molecule has 0 aliphatic rings. The number of aromatic amines is 1. The maximum absolute atomic E-state index is 6.05. The Balaban J connectivity index is 1.50. The van der Waals surface area contributed by atoms with Gasteiger partial charge in [0, 0.05) is 34.2 Å². The molecule has 0 saturated carbocycles. The van der Waals surface area contributed by atoms with Crippen LogP contribution < -0.4 is 5.32 Å². The van der Waals surface area contributed by atoms with E-state index < -0.39 is 0 Å². The molecule has 0 unspecified atom stereocenters. The van der Waals surface area contributed by atoms with Crippen LogP contribution in [0.5, 0.6) is 0 Å². The summed E-state index contributed by atoms with van der Waals surface area (Å²) in [5.41, 5.74) is 3.86. The maximum atomic E-state index is 6.05. The van der Waals surface area contributed by atoms with Gasteiger partial charge in [-0.25, -0.2) is 0 Å². The number of para-hydroxylation sites is 1. The Kier molecular flexibility index (Phi) is 3.76. The molecule has 0 spiro atoms. The van der Waals surface area contributed by atoms with E-state index in [1.807, 2.05) is 54.7 Å². The van der Waals surface area contributed by atoms with Crippen molar-refractivity contribution in [2.75, 3.05) is 5.32 Å². The third kappa shape index (κ3) is 3.00. The smallest absolute Gasteiger partial charge is 0.178 e. The summed E-state index contributed by atoms with van der Waals surface area (Å²) in [5.74, 6) is 1.48. The number of hydrogen-bond acceptors (Lipinski definition) is 4. The van der Waals surface area contributed by atoms with Gasteiger partial charge in [0.1, 0.15) is 0 Å². The molecule has 6 nitrogen and oxygen atoms in total. The first-order chi connectivity index (χ1) is 13.3. The second kappa shape index (κ2) is 6.41. The molecule has 7 heteroatoms. The van der Waals surface area contributed by atoms with E-state index in [1.165, 1.54) is 5.39 Å². The Hall–Kier alpha value is -3.38. The number of H-pyrrole nitrogens is 1. The molecular weight excluding hydrogens is 360 g/mol. The molecule has 0 aliphatic carbocycles. The third-order valence-electron chi connectivity index (χ3n) is 4.45. The number of nitrogens with zero attached hydrogens (tertiary/aromatic N) is 4. The highest BCUT2D eigenvalue weighted by atomic mass is 35.5. The molecule has 132 valence electrons. The molecule has 5 aromatic rings. The van der Waals surface area contributed by atoms with Gasteiger partial charge >= 0.3 is 0 Å². The van der Waals surface area contributed by atoms with Crippen LogP contribution in [0, 0.1) is 0 Å². The fraction of sp³-hybridized carbons (Fsp3) is 0.0500. The van der Waals surface area contributed by atoms with Crippen molar-refractivity contribution in [3.63, 3.8) is 0 Å². The lowest BCUT2D eigenvalue weighted by Crippen LogP contribution is -2.03. The van der Waals surface area contributed by atoms with Crippen molar-refractivity contribution in [2.24, 2.45) is 0 Å². The number of rotatable bonds is 4. The van der Waals surface area contributed by atoms with Gasteiger partial charge in [-0.2, -0.15) is 4.52 Å². The van der Waals surface area contributed by atoms with Gasteiger partial charge in [-0.05, 0) is 42.0 Å². The average Bonchev–Trinajstić information content (AvgIpc) is 3.27. The lowest BCUT2D eigenvalue weighted by atomic mass is 10.1.